The van der Waals surface area contributed by atoms with Crippen molar-refractivity contribution < 1.29 is 14.6 Å². The maximum Gasteiger partial charge on any atom is 0.349 e. The van der Waals surface area contributed by atoms with E-state index in [4.69, 9.17) is 15.2 Å². The first kappa shape index (κ1) is 30.6. The number of aromatic nitrogens is 2. The topological polar surface area (TPSA) is 99.6 Å². The van der Waals surface area contributed by atoms with Crippen molar-refractivity contribution in [2.24, 2.45) is 0 Å². The fourth-order valence-corrected chi connectivity index (χ4v) is 3.92. The Morgan fingerprint density at radius 3 is 2.12 bits per heavy atom. The maximum atomic E-state index is 11.8. The summed E-state index contributed by atoms with van der Waals surface area (Å²) in [6.45, 7) is 4.26. The Morgan fingerprint density at radius 2 is 1.56 bits per heavy atom. The number of nitrogens with two attached hydrogens (primary N) is 1. The van der Waals surface area contributed by atoms with Gasteiger partial charge in [0.15, 0.2) is 0 Å². The molecule has 1 atom stereocenters. The number of unbranched alkanes of at least 4 members (excludes halogenated alkanes) is 14. The van der Waals surface area contributed by atoms with E-state index in [0.29, 0.717) is 13.2 Å². The van der Waals surface area contributed by atoms with E-state index in [1.807, 2.05) is 6.42 Å². The Balaban J connectivity index is 1.83. The monoisotopic (exact) mass is 480 g/mol. The second-order valence-electron chi connectivity index (χ2n) is 9.21. The quantitative estimate of drug-likeness (QED) is 0.195. The van der Waals surface area contributed by atoms with Crippen LogP contribution in [0.4, 0.5) is 5.82 Å². The smallest absolute Gasteiger partial charge is 0.349 e. The molecule has 0 aliphatic heterocycles. The highest BCUT2D eigenvalue weighted by atomic mass is 16.5. The van der Waals surface area contributed by atoms with Gasteiger partial charge in [-0.2, -0.15) is 4.98 Å². The molecule has 0 bridgehead atoms. The summed E-state index contributed by atoms with van der Waals surface area (Å²) < 4.78 is 12.7. The van der Waals surface area contributed by atoms with Gasteiger partial charge < -0.3 is 20.3 Å². The summed E-state index contributed by atoms with van der Waals surface area (Å²) in [5.41, 5.74) is 5.04. The van der Waals surface area contributed by atoms with E-state index in [0.717, 1.165) is 19.4 Å². The van der Waals surface area contributed by atoms with Crippen molar-refractivity contribution in [1.82, 2.24) is 9.55 Å². The van der Waals surface area contributed by atoms with Crippen molar-refractivity contribution in [1.29, 1.82) is 0 Å². The van der Waals surface area contributed by atoms with E-state index in [1.165, 1.54) is 88.0 Å². The van der Waals surface area contributed by atoms with E-state index in [2.05, 4.69) is 11.9 Å². The SMILES string of the molecule is CCCCCCCCCCCCCCCCOCC[CH]CO[C@H](CO)Cn1ccc(N)nc1=O. The molecule has 0 spiro atoms. The Kier molecular flexibility index (Phi) is 19.8. The van der Waals surface area contributed by atoms with Crippen LogP contribution in [0.25, 0.3) is 0 Å². The molecule has 34 heavy (non-hydrogen) atoms. The second-order valence-corrected chi connectivity index (χ2v) is 9.21. The molecule has 7 nitrogen and oxygen atoms in total. The Bertz CT molecular complexity index is 639. The lowest BCUT2D eigenvalue weighted by atomic mass is 10.0. The minimum Gasteiger partial charge on any atom is -0.394 e. The first-order valence-electron chi connectivity index (χ1n) is 13.6. The van der Waals surface area contributed by atoms with Crippen LogP contribution in [0.15, 0.2) is 17.1 Å². The summed E-state index contributed by atoms with van der Waals surface area (Å²) in [7, 11) is 0. The fraction of sp³-hybridized carbons (Fsp3) is 0.815. The predicted molar refractivity (Wildman–Crippen MR) is 140 cm³/mol. The summed E-state index contributed by atoms with van der Waals surface area (Å²) in [4.78, 5) is 15.4. The first-order chi connectivity index (χ1) is 16.7. The molecule has 3 N–H and O–H groups in total. The normalized spacial score (nSPS) is 12.3. The van der Waals surface area contributed by atoms with Gasteiger partial charge in [-0.1, -0.05) is 90.4 Å². The van der Waals surface area contributed by atoms with E-state index < -0.39 is 11.8 Å². The van der Waals surface area contributed by atoms with Crippen LogP contribution in [-0.2, 0) is 16.0 Å². The first-order valence-corrected chi connectivity index (χ1v) is 13.6. The molecule has 1 aromatic rings. The zero-order valence-electron chi connectivity index (χ0n) is 21.6. The number of anilines is 1. The van der Waals surface area contributed by atoms with Gasteiger partial charge in [0, 0.05) is 19.4 Å². The molecular weight excluding hydrogens is 430 g/mol. The zero-order chi connectivity index (χ0) is 24.7. The van der Waals surface area contributed by atoms with Crippen LogP contribution in [-0.4, -0.2) is 47.2 Å². The second kappa shape index (κ2) is 22.1. The number of nitrogens with zero attached hydrogens (tertiary/aromatic N) is 2. The van der Waals surface area contributed by atoms with Crippen LogP contribution >= 0.6 is 0 Å². The fourth-order valence-electron chi connectivity index (χ4n) is 3.92. The number of aliphatic hydroxyl groups is 1. The van der Waals surface area contributed by atoms with E-state index in [1.54, 1.807) is 12.3 Å². The number of ether oxygens (including phenoxy) is 2. The minimum absolute atomic E-state index is 0.166. The van der Waals surface area contributed by atoms with Crippen molar-refractivity contribution in [3.8, 4) is 0 Å². The van der Waals surface area contributed by atoms with Crippen LogP contribution < -0.4 is 11.4 Å². The zero-order valence-corrected chi connectivity index (χ0v) is 21.6. The molecule has 0 aliphatic rings. The van der Waals surface area contributed by atoms with E-state index in [9.17, 15) is 9.90 Å². The van der Waals surface area contributed by atoms with Crippen LogP contribution in [0.5, 0.6) is 0 Å². The summed E-state index contributed by atoms with van der Waals surface area (Å²) in [6, 6.07) is 1.55. The van der Waals surface area contributed by atoms with Crippen LogP contribution in [0.1, 0.15) is 103 Å². The molecular formula is C27H50N3O4. The molecule has 1 rings (SSSR count). The molecule has 0 amide bonds. The number of rotatable bonds is 24. The molecule has 0 aromatic carbocycles. The van der Waals surface area contributed by atoms with Crippen LogP contribution in [0.2, 0.25) is 0 Å². The molecule has 0 fully saturated rings. The van der Waals surface area contributed by atoms with Gasteiger partial charge >= 0.3 is 5.69 Å². The van der Waals surface area contributed by atoms with Crippen molar-refractivity contribution in [3.05, 3.63) is 29.2 Å². The van der Waals surface area contributed by atoms with Gasteiger partial charge in [0.1, 0.15) is 5.82 Å². The Morgan fingerprint density at radius 1 is 0.971 bits per heavy atom. The molecule has 1 aromatic heterocycles. The largest absolute Gasteiger partial charge is 0.394 e. The number of nitrogen functional groups attached to an aromatic ring is 1. The third kappa shape index (κ3) is 17.1. The molecule has 0 saturated carbocycles. The maximum absolute atomic E-state index is 11.8. The highest BCUT2D eigenvalue weighted by Gasteiger charge is 2.10. The molecule has 7 heteroatoms. The standard InChI is InChI=1S/C27H50N3O4/c1-2-3-4-5-6-7-8-9-10-11-12-13-14-15-20-33-21-16-17-22-34-25(24-31)23-30-19-18-26(28)29-27(30)32/h17-19,25,31H,2-16,20-24H2,1H3,(H2,28,29,32)/t25-/m0/s1. The average Bonchev–Trinajstić information content (AvgIpc) is 2.83. The summed E-state index contributed by atoms with van der Waals surface area (Å²) in [6.07, 6.45) is 23.0. The van der Waals surface area contributed by atoms with E-state index in [-0.39, 0.29) is 19.0 Å². The number of aliphatic hydroxyl groups excluding tert-OH is 1. The Hall–Kier alpha value is -1.44. The minimum atomic E-state index is -0.462. The summed E-state index contributed by atoms with van der Waals surface area (Å²) in [5, 5.41) is 9.47. The van der Waals surface area contributed by atoms with Gasteiger partial charge in [-0.25, -0.2) is 4.79 Å². The molecule has 0 saturated heterocycles. The number of hydrogen-bond acceptors (Lipinski definition) is 6. The molecule has 1 heterocycles. The van der Waals surface area contributed by atoms with Crippen molar-refractivity contribution in [2.75, 3.05) is 32.2 Å². The lowest BCUT2D eigenvalue weighted by molar-refractivity contribution is 0.0105. The predicted octanol–water partition coefficient (Wildman–Crippen LogP) is 5.30. The van der Waals surface area contributed by atoms with Crippen LogP contribution in [0.3, 0.4) is 0 Å². The van der Waals surface area contributed by atoms with Gasteiger partial charge in [0.25, 0.3) is 0 Å². The Labute approximate surface area is 207 Å². The number of hydrogen-bond donors (Lipinski definition) is 2. The van der Waals surface area contributed by atoms with Gasteiger partial charge in [0.05, 0.1) is 25.9 Å². The summed E-state index contributed by atoms with van der Waals surface area (Å²) in [5.74, 6) is 0.185. The van der Waals surface area contributed by atoms with Crippen molar-refractivity contribution >= 4 is 5.82 Å². The molecule has 1 radical (unpaired) electrons. The van der Waals surface area contributed by atoms with Gasteiger partial charge in [0.2, 0.25) is 0 Å². The molecule has 197 valence electrons. The van der Waals surface area contributed by atoms with Crippen molar-refractivity contribution in [3.63, 3.8) is 0 Å². The molecule has 0 unspecified atom stereocenters. The highest BCUT2D eigenvalue weighted by molar-refractivity contribution is 5.23. The summed E-state index contributed by atoms with van der Waals surface area (Å²) >= 11 is 0. The van der Waals surface area contributed by atoms with Crippen LogP contribution in [0, 0.1) is 6.42 Å². The molecule has 0 aliphatic carbocycles. The average molecular weight is 481 g/mol. The lowest BCUT2D eigenvalue weighted by Crippen LogP contribution is -2.32. The lowest BCUT2D eigenvalue weighted by Gasteiger charge is -2.16. The highest BCUT2D eigenvalue weighted by Crippen LogP contribution is 2.13. The third-order valence-corrected chi connectivity index (χ3v) is 6.06. The van der Waals surface area contributed by atoms with Gasteiger partial charge in [-0.05, 0) is 25.3 Å². The van der Waals surface area contributed by atoms with E-state index >= 15 is 0 Å². The van der Waals surface area contributed by atoms with Crippen molar-refractivity contribution in [2.45, 2.75) is 116 Å². The third-order valence-electron chi connectivity index (χ3n) is 6.06. The van der Waals surface area contributed by atoms with Gasteiger partial charge in [-0.3, -0.25) is 4.57 Å². The van der Waals surface area contributed by atoms with Gasteiger partial charge in [-0.15, -0.1) is 0 Å².